The lowest BCUT2D eigenvalue weighted by Crippen LogP contribution is -2.34. The van der Waals surface area contributed by atoms with Crippen LogP contribution in [0.3, 0.4) is 0 Å². The summed E-state index contributed by atoms with van der Waals surface area (Å²) in [6, 6.07) is 14.1. The van der Waals surface area contributed by atoms with Crippen LogP contribution in [0.5, 0.6) is 0 Å². The number of benzene rings is 2. The Bertz CT molecular complexity index is 1300. The van der Waals surface area contributed by atoms with Gasteiger partial charge in [0, 0.05) is 28.4 Å². The van der Waals surface area contributed by atoms with Crippen LogP contribution in [0.15, 0.2) is 64.9 Å². The van der Waals surface area contributed by atoms with Gasteiger partial charge >= 0.3 is 6.03 Å². The van der Waals surface area contributed by atoms with E-state index in [1.54, 1.807) is 41.3 Å². The van der Waals surface area contributed by atoms with Gasteiger partial charge in [0.25, 0.3) is 15.9 Å². The minimum absolute atomic E-state index is 0.0417. The number of anilines is 2. The van der Waals surface area contributed by atoms with Crippen molar-refractivity contribution in [2.75, 3.05) is 23.7 Å². The summed E-state index contributed by atoms with van der Waals surface area (Å²) < 4.78 is 27.3. The Balaban J connectivity index is 1.40. The van der Waals surface area contributed by atoms with Gasteiger partial charge in [-0.2, -0.15) is 0 Å². The highest BCUT2D eigenvalue weighted by atomic mass is 32.2. The molecule has 3 N–H and O–H groups in total. The Morgan fingerprint density at radius 3 is 2.62 bits per heavy atom. The van der Waals surface area contributed by atoms with Crippen LogP contribution < -0.4 is 16.0 Å². The number of nitrogens with one attached hydrogen (secondary N) is 1. The minimum Gasteiger partial charge on any atom is -0.399 e. The molecule has 3 amide bonds. The van der Waals surface area contributed by atoms with Gasteiger partial charge in [-0.05, 0) is 65.9 Å². The van der Waals surface area contributed by atoms with Crippen LogP contribution in [0, 0.1) is 0 Å². The molecule has 8 nitrogen and oxygen atoms in total. The summed E-state index contributed by atoms with van der Waals surface area (Å²) in [5.41, 5.74) is 8.21. The molecule has 10 heteroatoms. The van der Waals surface area contributed by atoms with E-state index in [-0.39, 0.29) is 23.4 Å². The number of hydrogen-bond acceptors (Lipinski definition) is 6. The van der Waals surface area contributed by atoms with E-state index in [9.17, 15) is 18.0 Å². The third kappa shape index (κ3) is 3.41. The Morgan fingerprint density at radius 1 is 1.12 bits per heavy atom. The number of rotatable bonds is 4. The van der Waals surface area contributed by atoms with Gasteiger partial charge in [0.1, 0.15) is 0 Å². The van der Waals surface area contributed by atoms with Crippen molar-refractivity contribution in [1.82, 2.24) is 9.62 Å². The number of sulfonamides is 1. The summed E-state index contributed by atoms with van der Waals surface area (Å²) in [6.07, 6.45) is 0.531. The van der Waals surface area contributed by atoms with Crippen molar-refractivity contribution in [2.24, 2.45) is 0 Å². The first kappa shape index (κ1) is 20.5. The summed E-state index contributed by atoms with van der Waals surface area (Å²) in [6.45, 7) is 0.493. The lowest BCUT2D eigenvalue weighted by molar-refractivity contribution is 0.0989. The SMILES string of the molecule is Nc1ccc(C(=O)N2CCc3cc(S(=O)(=O)N4CC(c5cccs5)NC4=O)ccc32)cc1. The van der Waals surface area contributed by atoms with E-state index in [0.29, 0.717) is 29.9 Å². The summed E-state index contributed by atoms with van der Waals surface area (Å²) in [4.78, 5) is 27.9. The molecule has 0 bridgehead atoms. The maximum atomic E-state index is 13.2. The predicted octanol–water partition coefficient (Wildman–Crippen LogP) is 2.99. The molecule has 0 aliphatic carbocycles. The molecule has 2 aliphatic rings. The van der Waals surface area contributed by atoms with Crippen LogP contribution in [-0.2, 0) is 16.4 Å². The third-order valence-electron chi connectivity index (χ3n) is 5.70. The number of carbonyl (C=O) groups is 2. The van der Waals surface area contributed by atoms with Crippen molar-refractivity contribution in [2.45, 2.75) is 17.4 Å². The van der Waals surface area contributed by atoms with Crippen molar-refractivity contribution in [3.05, 3.63) is 76.0 Å². The molecule has 0 radical (unpaired) electrons. The van der Waals surface area contributed by atoms with E-state index < -0.39 is 16.1 Å². The Hall–Kier alpha value is -3.37. The largest absolute Gasteiger partial charge is 0.399 e. The van der Waals surface area contributed by atoms with Gasteiger partial charge in [-0.15, -0.1) is 11.3 Å². The predicted molar refractivity (Wildman–Crippen MR) is 122 cm³/mol. The van der Waals surface area contributed by atoms with Gasteiger partial charge in [0.15, 0.2) is 0 Å². The summed E-state index contributed by atoms with van der Waals surface area (Å²) >= 11 is 1.47. The quantitative estimate of drug-likeness (QED) is 0.572. The molecule has 2 aliphatic heterocycles. The summed E-state index contributed by atoms with van der Waals surface area (Å²) in [5, 5.41) is 4.62. The van der Waals surface area contributed by atoms with E-state index in [0.717, 1.165) is 14.7 Å². The van der Waals surface area contributed by atoms with Crippen LogP contribution in [-0.4, -0.2) is 37.8 Å². The van der Waals surface area contributed by atoms with Gasteiger partial charge in [-0.3, -0.25) is 4.79 Å². The van der Waals surface area contributed by atoms with Crippen molar-refractivity contribution >= 4 is 44.7 Å². The number of hydrogen-bond donors (Lipinski definition) is 2. The highest BCUT2D eigenvalue weighted by Gasteiger charge is 2.39. The topological polar surface area (TPSA) is 113 Å². The maximum absolute atomic E-state index is 13.2. The zero-order valence-corrected chi connectivity index (χ0v) is 18.5. The lowest BCUT2D eigenvalue weighted by atomic mass is 10.1. The standard InChI is InChI=1S/C22H20N4O4S2/c23-16-5-3-14(4-6-16)21(27)25-10-9-15-12-17(7-8-19(15)25)32(29,30)26-13-18(24-22(26)28)20-2-1-11-31-20/h1-8,11-12,18H,9-10,13,23H2,(H,24,28). The van der Waals surface area contributed by atoms with Gasteiger partial charge in [0.2, 0.25) is 0 Å². The van der Waals surface area contributed by atoms with Gasteiger partial charge < -0.3 is 16.0 Å². The number of thiophene rings is 1. The molecule has 5 rings (SSSR count). The Labute approximate surface area is 189 Å². The monoisotopic (exact) mass is 468 g/mol. The van der Waals surface area contributed by atoms with E-state index in [1.165, 1.54) is 17.4 Å². The number of amides is 3. The zero-order valence-electron chi connectivity index (χ0n) is 16.9. The molecule has 2 aromatic carbocycles. The van der Waals surface area contributed by atoms with Gasteiger partial charge in [-0.25, -0.2) is 17.5 Å². The fourth-order valence-corrected chi connectivity index (χ4v) is 6.20. The zero-order chi connectivity index (χ0) is 22.5. The third-order valence-corrected chi connectivity index (χ3v) is 8.43. The number of nitrogens with two attached hydrogens (primary N) is 1. The summed E-state index contributed by atoms with van der Waals surface area (Å²) in [7, 11) is -4.02. The van der Waals surface area contributed by atoms with Gasteiger partial charge in [0.05, 0.1) is 17.5 Å². The second kappa shape index (κ2) is 7.64. The van der Waals surface area contributed by atoms with E-state index in [4.69, 9.17) is 5.73 Å². The van der Waals surface area contributed by atoms with E-state index in [1.807, 2.05) is 17.5 Å². The lowest BCUT2D eigenvalue weighted by Gasteiger charge is -2.19. The second-order valence-corrected chi connectivity index (χ2v) is 10.5. The fourth-order valence-electron chi connectivity index (χ4n) is 4.03. The van der Waals surface area contributed by atoms with Crippen LogP contribution >= 0.6 is 11.3 Å². The van der Waals surface area contributed by atoms with Crippen molar-refractivity contribution in [1.29, 1.82) is 0 Å². The van der Waals surface area contributed by atoms with Gasteiger partial charge in [-0.1, -0.05) is 6.07 Å². The van der Waals surface area contributed by atoms with Crippen molar-refractivity contribution in [3.8, 4) is 0 Å². The maximum Gasteiger partial charge on any atom is 0.331 e. The van der Waals surface area contributed by atoms with Crippen LogP contribution in [0.2, 0.25) is 0 Å². The Kier molecular flexibility index (Phi) is 4.90. The fraction of sp³-hybridized carbons (Fsp3) is 0.182. The highest BCUT2D eigenvalue weighted by Crippen LogP contribution is 2.34. The first-order valence-corrected chi connectivity index (χ1v) is 12.3. The molecule has 3 aromatic rings. The molecule has 32 heavy (non-hydrogen) atoms. The molecule has 0 saturated carbocycles. The molecule has 1 atom stereocenters. The summed E-state index contributed by atoms with van der Waals surface area (Å²) in [5.74, 6) is -0.169. The van der Waals surface area contributed by atoms with Crippen LogP contribution in [0.1, 0.15) is 26.8 Å². The molecule has 1 aromatic heterocycles. The molecular formula is C22H20N4O4S2. The Morgan fingerprint density at radius 2 is 1.91 bits per heavy atom. The molecule has 0 spiro atoms. The number of fused-ring (bicyclic) bond motifs is 1. The van der Waals surface area contributed by atoms with Crippen LogP contribution in [0.4, 0.5) is 16.2 Å². The molecule has 164 valence electrons. The average Bonchev–Trinajstić information content (AvgIpc) is 3.52. The molecular weight excluding hydrogens is 448 g/mol. The number of nitrogens with zero attached hydrogens (tertiary/aromatic N) is 2. The van der Waals surface area contributed by atoms with Crippen molar-refractivity contribution < 1.29 is 18.0 Å². The first-order chi connectivity index (χ1) is 15.3. The smallest absolute Gasteiger partial charge is 0.331 e. The number of carbonyl (C=O) groups excluding carboxylic acids is 2. The molecule has 3 heterocycles. The highest BCUT2D eigenvalue weighted by molar-refractivity contribution is 7.89. The van der Waals surface area contributed by atoms with E-state index >= 15 is 0 Å². The second-order valence-electron chi connectivity index (χ2n) is 7.67. The normalized spacial score (nSPS) is 18.0. The molecule has 1 unspecified atom stereocenters. The van der Waals surface area contributed by atoms with Crippen molar-refractivity contribution in [3.63, 3.8) is 0 Å². The molecule has 1 saturated heterocycles. The average molecular weight is 469 g/mol. The first-order valence-electron chi connectivity index (χ1n) is 10.0. The molecule has 1 fully saturated rings. The minimum atomic E-state index is -4.02. The number of urea groups is 1. The van der Waals surface area contributed by atoms with Crippen LogP contribution in [0.25, 0.3) is 0 Å². The van der Waals surface area contributed by atoms with E-state index in [2.05, 4.69) is 5.32 Å². The number of nitrogen functional groups attached to an aromatic ring is 1.